The highest BCUT2D eigenvalue weighted by Gasteiger charge is 2.18. The van der Waals surface area contributed by atoms with Crippen molar-refractivity contribution in [2.75, 3.05) is 0 Å². The number of nitrogens with zero attached hydrogens (tertiary/aromatic N) is 2. The number of rotatable bonds is 4. The summed E-state index contributed by atoms with van der Waals surface area (Å²) in [7, 11) is 0. The fourth-order valence-electron chi connectivity index (χ4n) is 1.05. The van der Waals surface area contributed by atoms with Crippen LogP contribution in [0.25, 0.3) is 0 Å². The standard InChI is InChI=1S/C9H15N5O2/c1-5(2)12-8(15)6(3)13-9(16)7-10-4-11-14-7/h4-6H,1-3H3,(H,12,15)(H,13,16)(H,10,11,14). The number of amides is 2. The van der Waals surface area contributed by atoms with Crippen molar-refractivity contribution < 1.29 is 9.59 Å². The van der Waals surface area contributed by atoms with Crippen molar-refractivity contribution in [3.05, 3.63) is 12.2 Å². The molecule has 0 fully saturated rings. The van der Waals surface area contributed by atoms with Crippen LogP contribution in [0.3, 0.4) is 0 Å². The molecule has 3 N–H and O–H groups in total. The lowest BCUT2D eigenvalue weighted by Crippen LogP contribution is -2.47. The first-order chi connectivity index (χ1) is 7.50. The van der Waals surface area contributed by atoms with Gasteiger partial charge in [0.1, 0.15) is 12.4 Å². The van der Waals surface area contributed by atoms with Gasteiger partial charge < -0.3 is 10.6 Å². The zero-order valence-electron chi connectivity index (χ0n) is 9.44. The monoisotopic (exact) mass is 225 g/mol. The van der Waals surface area contributed by atoms with Gasteiger partial charge in [-0.2, -0.15) is 5.10 Å². The first-order valence-electron chi connectivity index (χ1n) is 4.97. The predicted octanol–water partition coefficient (Wildman–Crippen LogP) is -0.552. The van der Waals surface area contributed by atoms with Crippen LogP contribution in [-0.4, -0.2) is 39.1 Å². The summed E-state index contributed by atoms with van der Waals surface area (Å²) < 4.78 is 0. The number of nitrogens with one attached hydrogen (secondary N) is 3. The molecule has 0 spiro atoms. The van der Waals surface area contributed by atoms with E-state index in [-0.39, 0.29) is 17.8 Å². The Kier molecular flexibility index (Phi) is 3.98. The van der Waals surface area contributed by atoms with Gasteiger partial charge in [-0.1, -0.05) is 0 Å². The number of aromatic nitrogens is 3. The van der Waals surface area contributed by atoms with Crippen LogP contribution in [0.5, 0.6) is 0 Å². The van der Waals surface area contributed by atoms with Crippen LogP contribution in [0.15, 0.2) is 6.33 Å². The Morgan fingerprint density at radius 2 is 2.00 bits per heavy atom. The summed E-state index contributed by atoms with van der Waals surface area (Å²) in [6, 6.07) is -0.572. The van der Waals surface area contributed by atoms with E-state index in [2.05, 4.69) is 25.8 Å². The van der Waals surface area contributed by atoms with Crippen LogP contribution in [-0.2, 0) is 4.79 Å². The number of H-pyrrole nitrogens is 1. The molecule has 88 valence electrons. The van der Waals surface area contributed by atoms with Gasteiger partial charge in [0.05, 0.1) is 0 Å². The number of hydrogen-bond acceptors (Lipinski definition) is 4. The second-order valence-electron chi connectivity index (χ2n) is 3.69. The summed E-state index contributed by atoms with van der Waals surface area (Å²) in [5, 5.41) is 11.2. The molecule has 0 aromatic carbocycles. The van der Waals surface area contributed by atoms with E-state index in [0.717, 1.165) is 0 Å². The quantitative estimate of drug-likeness (QED) is 0.640. The van der Waals surface area contributed by atoms with Crippen LogP contribution in [0.1, 0.15) is 31.4 Å². The molecule has 0 saturated heterocycles. The molecule has 7 nitrogen and oxygen atoms in total. The summed E-state index contributed by atoms with van der Waals surface area (Å²) in [6.07, 6.45) is 1.23. The molecule has 1 atom stereocenters. The summed E-state index contributed by atoms with van der Waals surface area (Å²) in [6.45, 7) is 5.30. The maximum Gasteiger partial charge on any atom is 0.289 e. The van der Waals surface area contributed by atoms with Gasteiger partial charge in [-0.15, -0.1) is 0 Å². The van der Waals surface area contributed by atoms with Crippen molar-refractivity contribution in [3.63, 3.8) is 0 Å². The largest absolute Gasteiger partial charge is 0.352 e. The van der Waals surface area contributed by atoms with Crippen molar-refractivity contribution in [3.8, 4) is 0 Å². The molecule has 16 heavy (non-hydrogen) atoms. The molecule has 1 aromatic heterocycles. The van der Waals surface area contributed by atoms with Gasteiger partial charge in [-0.25, -0.2) is 4.98 Å². The SMILES string of the molecule is CC(C)NC(=O)C(C)NC(=O)c1ncn[nH]1. The molecule has 1 heterocycles. The third-order valence-electron chi connectivity index (χ3n) is 1.80. The Bertz CT molecular complexity index is 360. The molecular formula is C9H15N5O2. The topological polar surface area (TPSA) is 99.8 Å². The van der Waals surface area contributed by atoms with Gasteiger partial charge in [0.25, 0.3) is 5.91 Å². The molecule has 0 bridgehead atoms. The maximum absolute atomic E-state index is 11.5. The minimum Gasteiger partial charge on any atom is -0.352 e. The van der Waals surface area contributed by atoms with E-state index in [1.165, 1.54) is 6.33 Å². The Morgan fingerprint density at radius 3 is 2.50 bits per heavy atom. The molecule has 0 aliphatic carbocycles. The molecule has 7 heteroatoms. The van der Waals surface area contributed by atoms with E-state index in [1.54, 1.807) is 6.92 Å². The summed E-state index contributed by atoms with van der Waals surface area (Å²) >= 11 is 0. The van der Waals surface area contributed by atoms with Gasteiger partial charge in [-0.05, 0) is 20.8 Å². The van der Waals surface area contributed by atoms with E-state index in [0.29, 0.717) is 0 Å². The summed E-state index contributed by atoms with van der Waals surface area (Å²) in [5.41, 5.74) is 0. The molecule has 1 rings (SSSR count). The zero-order chi connectivity index (χ0) is 12.1. The fourth-order valence-corrected chi connectivity index (χ4v) is 1.05. The Hall–Kier alpha value is -1.92. The first kappa shape index (κ1) is 12.2. The van der Waals surface area contributed by atoms with E-state index >= 15 is 0 Å². The van der Waals surface area contributed by atoms with Gasteiger partial charge in [-0.3, -0.25) is 14.7 Å². The van der Waals surface area contributed by atoms with Crippen LogP contribution >= 0.6 is 0 Å². The number of aromatic amines is 1. The summed E-state index contributed by atoms with van der Waals surface area (Å²) in [4.78, 5) is 26.6. The molecule has 1 unspecified atom stereocenters. The molecule has 0 radical (unpaired) electrons. The maximum atomic E-state index is 11.5. The van der Waals surface area contributed by atoms with Gasteiger partial charge in [0.15, 0.2) is 0 Å². The Labute approximate surface area is 93.0 Å². The number of carbonyl (C=O) groups excluding carboxylic acids is 2. The second kappa shape index (κ2) is 5.24. The Balaban J connectivity index is 2.48. The highest BCUT2D eigenvalue weighted by molar-refractivity contribution is 5.94. The van der Waals surface area contributed by atoms with Crippen molar-refractivity contribution >= 4 is 11.8 Å². The molecule has 0 aliphatic heterocycles. The molecular weight excluding hydrogens is 210 g/mol. The third kappa shape index (κ3) is 3.34. The lowest BCUT2D eigenvalue weighted by molar-refractivity contribution is -0.123. The highest BCUT2D eigenvalue weighted by Crippen LogP contribution is 1.90. The normalized spacial score (nSPS) is 12.2. The van der Waals surface area contributed by atoms with Crippen molar-refractivity contribution in [1.82, 2.24) is 25.8 Å². The number of hydrogen-bond donors (Lipinski definition) is 3. The first-order valence-corrected chi connectivity index (χ1v) is 4.97. The Morgan fingerprint density at radius 1 is 1.31 bits per heavy atom. The van der Waals surface area contributed by atoms with E-state index in [9.17, 15) is 9.59 Å². The minimum atomic E-state index is -0.611. The third-order valence-corrected chi connectivity index (χ3v) is 1.80. The minimum absolute atomic E-state index is 0.0390. The highest BCUT2D eigenvalue weighted by atomic mass is 16.2. The van der Waals surface area contributed by atoms with Crippen LogP contribution in [0.4, 0.5) is 0 Å². The van der Waals surface area contributed by atoms with Crippen LogP contribution in [0.2, 0.25) is 0 Å². The average Bonchev–Trinajstić information content (AvgIpc) is 2.68. The van der Waals surface area contributed by atoms with Gasteiger partial charge >= 0.3 is 0 Å². The molecule has 2 amide bonds. The summed E-state index contributed by atoms with van der Waals surface area (Å²) in [5.74, 6) is -0.601. The lowest BCUT2D eigenvalue weighted by atomic mass is 10.3. The van der Waals surface area contributed by atoms with E-state index in [4.69, 9.17) is 0 Å². The van der Waals surface area contributed by atoms with E-state index < -0.39 is 11.9 Å². The fraction of sp³-hybridized carbons (Fsp3) is 0.556. The van der Waals surface area contributed by atoms with E-state index in [1.807, 2.05) is 13.8 Å². The molecule has 1 aromatic rings. The average molecular weight is 225 g/mol. The smallest absolute Gasteiger partial charge is 0.289 e. The lowest BCUT2D eigenvalue weighted by Gasteiger charge is -2.15. The van der Waals surface area contributed by atoms with Crippen molar-refractivity contribution in [1.29, 1.82) is 0 Å². The predicted molar refractivity (Wildman–Crippen MR) is 56.6 cm³/mol. The molecule has 0 aliphatic rings. The van der Waals surface area contributed by atoms with Crippen molar-refractivity contribution in [2.45, 2.75) is 32.9 Å². The van der Waals surface area contributed by atoms with Crippen molar-refractivity contribution in [2.24, 2.45) is 0 Å². The van der Waals surface area contributed by atoms with Gasteiger partial charge in [0.2, 0.25) is 11.7 Å². The second-order valence-corrected chi connectivity index (χ2v) is 3.69. The van der Waals surface area contributed by atoms with Gasteiger partial charge in [0, 0.05) is 6.04 Å². The number of carbonyl (C=O) groups is 2. The van der Waals surface area contributed by atoms with Crippen LogP contribution in [0, 0.1) is 0 Å². The zero-order valence-corrected chi connectivity index (χ0v) is 9.44. The molecule has 0 saturated carbocycles. The van der Waals surface area contributed by atoms with Crippen LogP contribution < -0.4 is 10.6 Å².